The molecule has 0 radical (unpaired) electrons. The summed E-state index contributed by atoms with van der Waals surface area (Å²) in [5, 5.41) is 0.0221. The minimum Gasteiger partial charge on any atom is -0.452 e. The normalized spacial score (nSPS) is 10.0. The highest BCUT2D eigenvalue weighted by Crippen LogP contribution is 2.08. The lowest BCUT2D eigenvalue weighted by atomic mass is 10.2. The predicted molar refractivity (Wildman–Crippen MR) is 76.0 cm³/mol. The number of benzene rings is 1. The van der Waals surface area contributed by atoms with Crippen molar-refractivity contribution in [3.63, 3.8) is 0 Å². The van der Waals surface area contributed by atoms with Crippen molar-refractivity contribution in [1.82, 2.24) is 9.97 Å². The first-order valence-corrected chi connectivity index (χ1v) is 6.25. The highest BCUT2D eigenvalue weighted by Gasteiger charge is 2.06. The Morgan fingerprint density at radius 1 is 1.11 bits per heavy atom. The molecule has 4 nitrogen and oxygen atoms in total. The SMILES string of the molecule is Cc1cc(C)nc(OC(=S)OCc2ccccc2)n1. The number of hydrogen-bond acceptors (Lipinski definition) is 5. The van der Waals surface area contributed by atoms with E-state index in [2.05, 4.69) is 9.97 Å². The molecule has 2 aromatic rings. The fraction of sp³-hybridized carbons (Fsp3) is 0.214. The molecule has 0 saturated heterocycles. The summed E-state index contributed by atoms with van der Waals surface area (Å²) in [6.07, 6.45) is 0. The molecule has 0 aliphatic heterocycles. The number of aromatic nitrogens is 2. The van der Waals surface area contributed by atoms with Crippen LogP contribution in [0.4, 0.5) is 0 Å². The van der Waals surface area contributed by atoms with E-state index in [4.69, 9.17) is 21.7 Å². The monoisotopic (exact) mass is 274 g/mol. The van der Waals surface area contributed by atoms with Crippen LogP contribution < -0.4 is 4.74 Å². The average Bonchev–Trinajstić information content (AvgIpc) is 2.36. The zero-order chi connectivity index (χ0) is 13.7. The van der Waals surface area contributed by atoms with Gasteiger partial charge in [0.15, 0.2) is 0 Å². The molecule has 5 heteroatoms. The maximum absolute atomic E-state index is 5.34. The number of ether oxygens (including phenoxy) is 2. The van der Waals surface area contributed by atoms with Gasteiger partial charge in [-0.2, -0.15) is 0 Å². The quantitative estimate of drug-likeness (QED) is 0.805. The lowest BCUT2D eigenvalue weighted by molar-refractivity contribution is 0.231. The Labute approximate surface area is 117 Å². The molecule has 0 amide bonds. The van der Waals surface area contributed by atoms with Gasteiger partial charge in [-0.1, -0.05) is 30.3 Å². The van der Waals surface area contributed by atoms with Gasteiger partial charge in [0.25, 0.3) is 0 Å². The molecule has 1 heterocycles. The van der Waals surface area contributed by atoms with E-state index in [1.807, 2.05) is 50.2 Å². The second kappa shape index (κ2) is 6.24. The van der Waals surface area contributed by atoms with Crippen molar-refractivity contribution in [3.8, 4) is 6.01 Å². The molecule has 0 saturated carbocycles. The lowest BCUT2D eigenvalue weighted by Gasteiger charge is -2.08. The van der Waals surface area contributed by atoms with Gasteiger partial charge in [0.05, 0.1) is 0 Å². The molecule has 0 unspecified atom stereocenters. The van der Waals surface area contributed by atoms with E-state index < -0.39 is 0 Å². The summed E-state index contributed by atoms with van der Waals surface area (Å²) in [6, 6.07) is 11.8. The summed E-state index contributed by atoms with van der Waals surface area (Å²) in [5.41, 5.74) is 2.68. The molecule has 19 heavy (non-hydrogen) atoms. The molecule has 1 aromatic carbocycles. The van der Waals surface area contributed by atoms with E-state index in [9.17, 15) is 0 Å². The third kappa shape index (κ3) is 4.30. The zero-order valence-electron chi connectivity index (χ0n) is 10.8. The standard InChI is InChI=1S/C14H14N2O2S/c1-10-8-11(2)16-13(15-10)18-14(19)17-9-12-6-4-3-5-7-12/h3-8H,9H2,1-2H3. The fourth-order valence-corrected chi connectivity index (χ4v) is 1.69. The number of rotatable bonds is 3. The topological polar surface area (TPSA) is 44.2 Å². The van der Waals surface area contributed by atoms with Crippen LogP contribution in [-0.2, 0) is 11.3 Å². The second-order valence-corrected chi connectivity index (χ2v) is 4.39. The van der Waals surface area contributed by atoms with Crippen molar-refractivity contribution < 1.29 is 9.47 Å². The molecular formula is C14H14N2O2S. The zero-order valence-corrected chi connectivity index (χ0v) is 11.6. The van der Waals surface area contributed by atoms with Crippen molar-refractivity contribution in [2.75, 3.05) is 0 Å². The third-order valence-electron chi connectivity index (χ3n) is 2.34. The smallest absolute Gasteiger partial charge is 0.360 e. The Hall–Kier alpha value is -2.01. The van der Waals surface area contributed by atoms with E-state index in [1.165, 1.54) is 0 Å². The van der Waals surface area contributed by atoms with Gasteiger partial charge in [-0.15, -0.1) is 0 Å². The molecule has 2 rings (SSSR count). The molecule has 0 aliphatic rings. The van der Waals surface area contributed by atoms with Gasteiger partial charge in [-0.3, -0.25) is 0 Å². The van der Waals surface area contributed by atoms with Crippen LogP contribution >= 0.6 is 12.2 Å². The number of thiocarbonyl (C=S) groups is 1. The number of nitrogens with zero attached hydrogens (tertiary/aromatic N) is 2. The third-order valence-corrected chi connectivity index (χ3v) is 2.54. The maximum atomic E-state index is 5.34. The van der Waals surface area contributed by atoms with E-state index >= 15 is 0 Å². The summed E-state index contributed by atoms with van der Waals surface area (Å²) in [5.74, 6) is 0. The maximum Gasteiger partial charge on any atom is 0.360 e. The van der Waals surface area contributed by atoms with Gasteiger partial charge in [-0.05, 0) is 25.5 Å². The molecule has 0 bridgehead atoms. The first-order chi connectivity index (χ1) is 9.13. The minimum absolute atomic E-state index is 0.0221. The molecule has 0 fully saturated rings. The molecular weight excluding hydrogens is 260 g/mol. The molecule has 98 valence electrons. The molecule has 0 N–H and O–H groups in total. The lowest BCUT2D eigenvalue weighted by Crippen LogP contribution is -2.12. The number of aryl methyl sites for hydroxylation is 2. The van der Waals surface area contributed by atoms with Gasteiger partial charge >= 0.3 is 11.2 Å². The fourth-order valence-electron chi connectivity index (χ4n) is 1.56. The Kier molecular flexibility index (Phi) is 4.41. The van der Waals surface area contributed by atoms with Crippen LogP contribution in [0, 0.1) is 13.8 Å². The highest BCUT2D eigenvalue weighted by atomic mass is 32.1. The Bertz CT molecular complexity index is 553. The molecule has 0 spiro atoms. The number of hydrogen-bond donors (Lipinski definition) is 0. The van der Waals surface area contributed by atoms with Gasteiger partial charge in [-0.25, -0.2) is 9.97 Å². The summed E-state index contributed by atoms with van der Waals surface area (Å²) < 4.78 is 10.6. The van der Waals surface area contributed by atoms with E-state index in [-0.39, 0.29) is 11.2 Å². The van der Waals surface area contributed by atoms with Crippen molar-refractivity contribution in [3.05, 3.63) is 53.3 Å². The van der Waals surface area contributed by atoms with Crippen molar-refractivity contribution in [1.29, 1.82) is 0 Å². The molecule has 0 aliphatic carbocycles. The first kappa shape index (κ1) is 13.4. The van der Waals surface area contributed by atoms with Gasteiger partial charge in [0.2, 0.25) is 0 Å². The van der Waals surface area contributed by atoms with Crippen LogP contribution in [0.5, 0.6) is 6.01 Å². The van der Waals surface area contributed by atoms with E-state index in [1.54, 1.807) is 0 Å². The van der Waals surface area contributed by atoms with E-state index in [0.717, 1.165) is 17.0 Å². The second-order valence-electron chi connectivity index (χ2n) is 4.06. The minimum atomic E-state index is 0.0221. The van der Waals surface area contributed by atoms with Crippen LogP contribution in [0.1, 0.15) is 17.0 Å². The summed E-state index contributed by atoms with van der Waals surface area (Å²) in [4.78, 5) is 8.26. The Morgan fingerprint density at radius 2 is 1.74 bits per heavy atom. The average molecular weight is 274 g/mol. The Morgan fingerprint density at radius 3 is 2.37 bits per heavy atom. The van der Waals surface area contributed by atoms with Crippen molar-refractivity contribution in [2.45, 2.75) is 20.5 Å². The summed E-state index contributed by atoms with van der Waals surface area (Å²) in [6.45, 7) is 4.11. The van der Waals surface area contributed by atoms with Gasteiger partial charge < -0.3 is 9.47 Å². The predicted octanol–water partition coefficient (Wildman–Crippen LogP) is 2.97. The van der Waals surface area contributed by atoms with Crippen LogP contribution in [0.25, 0.3) is 0 Å². The summed E-state index contributed by atoms with van der Waals surface area (Å²) >= 11 is 5.00. The van der Waals surface area contributed by atoms with Crippen LogP contribution in [-0.4, -0.2) is 15.2 Å². The van der Waals surface area contributed by atoms with Crippen LogP contribution in [0.15, 0.2) is 36.4 Å². The van der Waals surface area contributed by atoms with Gasteiger partial charge in [0.1, 0.15) is 6.61 Å². The largest absolute Gasteiger partial charge is 0.452 e. The van der Waals surface area contributed by atoms with Crippen molar-refractivity contribution in [2.24, 2.45) is 0 Å². The highest BCUT2D eigenvalue weighted by molar-refractivity contribution is 7.79. The molecule has 1 aromatic heterocycles. The Balaban J connectivity index is 1.91. The van der Waals surface area contributed by atoms with Crippen LogP contribution in [0.3, 0.4) is 0 Å². The first-order valence-electron chi connectivity index (χ1n) is 5.84. The van der Waals surface area contributed by atoms with Crippen molar-refractivity contribution >= 4 is 17.5 Å². The van der Waals surface area contributed by atoms with Gasteiger partial charge in [0, 0.05) is 23.6 Å². The summed E-state index contributed by atoms with van der Waals surface area (Å²) in [7, 11) is 0. The van der Waals surface area contributed by atoms with Crippen LogP contribution in [0.2, 0.25) is 0 Å². The van der Waals surface area contributed by atoms with E-state index in [0.29, 0.717) is 6.61 Å². The molecule has 0 atom stereocenters.